The molecule has 4 rings (SSSR count). The van der Waals surface area contributed by atoms with Crippen LogP contribution in [0, 0.1) is 22.5 Å². The van der Waals surface area contributed by atoms with Gasteiger partial charge in [-0.05, 0) is 73.1 Å². The van der Waals surface area contributed by atoms with Crippen LogP contribution < -0.4 is 5.32 Å². The van der Waals surface area contributed by atoms with E-state index in [-0.39, 0.29) is 35.5 Å². The fourth-order valence-corrected chi connectivity index (χ4v) is 4.90. The minimum Gasteiger partial charge on any atom is -0.331 e. The largest absolute Gasteiger partial charge is 0.331 e. The lowest BCUT2D eigenvalue weighted by molar-refractivity contribution is -0.385. The molecule has 2 heterocycles. The van der Waals surface area contributed by atoms with Crippen molar-refractivity contribution in [1.82, 2.24) is 10.2 Å². The number of nitrogens with zero attached hydrogens (tertiary/aromatic N) is 2. The second-order valence-electron chi connectivity index (χ2n) is 7.66. The van der Waals surface area contributed by atoms with Crippen LogP contribution in [0.25, 0.3) is 0 Å². The van der Waals surface area contributed by atoms with E-state index in [0.717, 1.165) is 37.9 Å². The van der Waals surface area contributed by atoms with Crippen LogP contribution in [0.4, 0.5) is 5.69 Å². The highest BCUT2D eigenvalue weighted by Crippen LogP contribution is 2.56. The molecule has 1 saturated heterocycles. The summed E-state index contributed by atoms with van der Waals surface area (Å²) in [6, 6.07) is 7.06. The van der Waals surface area contributed by atoms with Crippen molar-refractivity contribution >= 4 is 35.3 Å². The van der Waals surface area contributed by atoms with Crippen molar-refractivity contribution < 1.29 is 9.72 Å². The fraction of sp³-hybridized carbons (Fsp3) is 0.450. The van der Waals surface area contributed by atoms with Crippen molar-refractivity contribution in [3.8, 4) is 0 Å². The number of aryl methyl sites for hydroxylation is 1. The lowest BCUT2D eigenvalue weighted by Crippen LogP contribution is -2.39. The third kappa shape index (κ3) is 3.92. The van der Waals surface area contributed by atoms with Crippen LogP contribution in [0.15, 0.2) is 35.0 Å². The zero-order valence-electron chi connectivity index (χ0n) is 15.7. The van der Waals surface area contributed by atoms with E-state index in [1.165, 1.54) is 6.07 Å². The van der Waals surface area contributed by atoms with Gasteiger partial charge in [-0.15, -0.1) is 12.4 Å². The number of piperidine rings is 1. The van der Waals surface area contributed by atoms with Gasteiger partial charge in [-0.2, -0.15) is 11.3 Å². The topological polar surface area (TPSA) is 75.5 Å². The molecule has 2 aromatic rings. The smallest absolute Gasteiger partial charge is 0.273 e. The molecule has 2 fully saturated rings. The van der Waals surface area contributed by atoms with Gasteiger partial charge in [-0.3, -0.25) is 14.9 Å². The number of halogens is 1. The quantitative estimate of drug-likeness (QED) is 0.580. The third-order valence-corrected chi connectivity index (χ3v) is 6.70. The second-order valence-corrected chi connectivity index (χ2v) is 8.44. The summed E-state index contributed by atoms with van der Waals surface area (Å²) in [6.45, 7) is 4.24. The van der Waals surface area contributed by atoms with E-state index < -0.39 is 4.92 Å². The van der Waals surface area contributed by atoms with E-state index in [9.17, 15) is 14.9 Å². The summed E-state index contributed by atoms with van der Waals surface area (Å²) in [4.78, 5) is 26.2. The molecule has 0 radical (unpaired) electrons. The minimum atomic E-state index is -0.416. The van der Waals surface area contributed by atoms with Crippen LogP contribution in [-0.4, -0.2) is 34.9 Å². The Bertz CT molecular complexity index is 866. The Balaban J connectivity index is 0.00000225. The van der Waals surface area contributed by atoms with E-state index >= 15 is 0 Å². The Hall–Kier alpha value is -1.96. The molecule has 6 nitrogen and oxygen atoms in total. The molecule has 1 aliphatic heterocycles. The van der Waals surface area contributed by atoms with Crippen LogP contribution in [-0.2, 0) is 6.54 Å². The summed E-state index contributed by atoms with van der Waals surface area (Å²) >= 11 is 1.62. The summed E-state index contributed by atoms with van der Waals surface area (Å²) < 4.78 is 0. The van der Waals surface area contributed by atoms with Gasteiger partial charge in [0.25, 0.3) is 11.6 Å². The molecule has 1 aliphatic carbocycles. The molecule has 28 heavy (non-hydrogen) atoms. The number of carbonyl (C=O) groups excluding carboxylic acids is 1. The van der Waals surface area contributed by atoms with Crippen molar-refractivity contribution in [2.75, 3.05) is 13.1 Å². The van der Waals surface area contributed by atoms with E-state index in [1.807, 2.05) is 16.3 Å². The van der Waals surface area contributed by atoms with E-state index in [1.54, 1.807) is 30.4 Å². The molecule has 1 spiro atoms. The maximum absolute atomic E-state index is 13.4. The highest BCUT2D eigenvalue weighted by Gasteiger charge is 2.57. The Kier molecular flexibility index (Phi) is 6.07. The number of hydrogen-bond donors (Lipinski definition) is 1. The van der Waals surface area contributed by atoms with Crippen LogP contribution in [0.5, 0.6) is 0 Å². The van der Waals surface area contributed by atoms with Gasteiger partial charge in [-0.25, -0.2) is 0 Å². The summed E-state index contributed by atoms with van der Waals surface area (Å²) in [5.74, 6) is -0.107. The van der Waals surface area contributed by atoms with E-state index in [0.29, 0.717) is 17.7 Å². The first kappa shape index (κ1) is 20.8. The van der Waals surface area contributed by atoms with Gasteiger partial charge in [-0.1, -0.05) is 6.07 Å². The van der Waals surface area contributed by atoms with Gasteiger partial charge in [0.1, 0.15) is 0 Å². The van der Waals surface area contributed by atoms with Crippen LogP contribution in [0.3, 0.4) is 0 Å². The van der Waals surface area contributed by atoms with Crippen LogP contribution in [0.2, 0.25) is 0 Å². The number of hydrogen-bond acceptors (Lipinski definition) is 5. The number of nitro benzene ring substituents is 1. The van der Waals surface area contributed by atoms with Gasteiger partial charge in [0.2, 0.25) is 0 Å². The molecule has 0 bridgehead atoms. The zero-order valence-corrected chi connectivity index (χ0v) is 17.4. The highest BCUT2D eigenvalue weighted by molar-refractivity contribution is 7.07. The van der Waals surface area contributed by atoms with E-state index in [2.05, 4.69) is 10.7 Å². The lowest BCUT2D eigenvalue weighted by atomic mass is 9.93. The third-order valence-electron chi connectivity index (χ3n) is 5.97. The van der Waals surface area contributed by atoms with Gasteiger partial charge in [0.15, 0.2) is 0 Å². The number of amides is 1. The Morgan fingerprint density at radius 2 is 2.11 bits per heavy atom. The molecule has 8 heteroatoms. The molecule has 1 N–H and O–H groups in total. The van der Waals surface area contributed by atoms with Gasteiger partial charge in [0, 0.05) is 29.8 Å². The second kappa shape index (κ2) is 8.19. The molecular formula is C20H24ClN3O3S. The molecule has 1 atom stereocenters. The number of thiophene rings is 1. The predicted octanol–water partition coefficient (Wildman–Crippen LogP) is 4.17. The number of nitrogens with one attached hydrogen (secondary N) is 1. The Morgan fingerprint density at radius 3 is 2.75 bits per heavy atom. The highest BCUT2D eigenvalue weighted by atomic mass is 35.5. The lowest BCUT2D eigenvalue weighted by Gasteiger charge is -2.29. The number of benzene rings is 1. The van der Waals surface area contributed by atoms with Crippen molar-refractivity contribution in [2.45, 2.75) is 38.8 Å². The first-order chi connectivity index (χ1) is 13.0. The first-order valence-electron chi connectivity index (χ1n) is 9.28. The first-order valence-corrected chi connectivity index (χ1v) is 10.2. The Labute approximate surface area is 174 Å². The van der Waals surface area contributed by atoms with E-state index in [4.69, 9.17) is 0 Å². The van der Waals surface area contributed by atoms with Crippen LogP contribution in [0.1, 0.15) is 40.7 Å². The van der Waals surface area contributed by atoms with Crippen molar-refractivity contribution in [3.05, 3.63) is 61.8 Å². The SMILES string of the molecule is Cc1ccc(C(=O)N(Cc2ccsc2)C2CC23CCNCC3)cc1[N+](=O)[O-].Cl. The maximum atomic E-state index is 13.4. The fourth-order valence-electron chi connectivity index (χ4n) is 4.24. The molecule has 150 valence electrons. The van der Waals surface area contributed by atoms with Gasteiger partial charge >= 0.3 is 0 Å². The van der Waals surface area contributed by atoms with Gasteiger partial charge < -0.3 is 10.2 Å². The standard InChI is InChI=1S/C20H23N3O3S.ClH/c1-14-2-3-16(10-17(14)23(25)26)19(24)22(12-15-4-9-27-13-15)18-11-20(18)5-7-21-8-6-20;/h2-4,9-10,13,18,21H,5-8,11-12H2,1H3;1H. The molecule has 1 amide bonds. The number of carbonyl (C=O) groups is 1. The number of nitro groups is 1. The molecule has 1 aromatic heterocycles. The molecule has 1 unspecified atom stereocenters. The monoisotopic (exact) mass is 421 g/mol. The van der Waals surface area contributed by atoms with Crippen molar-refractivity contribution in [2.24, 2.45) is 5.41 Å². The summed E-state index contributed by atoms with van der Waals surface area (Å²) in [5.41, 5.74) is 2.31. The minimum absolute atomic E-state index is 0. The van der Waals surface area contributed by atoms with Crippen LogP contribution >= 0.6 is 23.7 Å². The average Bonchev–Trinajstić information content (AvgIpc) is 3.09. The predicted molar refractivity (Wildman–Crippen MR) is 112 cm³/mol. The van der Waals surface area contributed by atoms with Crippen molar-refractivity contribution in [3.63, 3.8) is 0 Å². The molecule has 2 aliphatic rings. The molecule has 1 saturated carbocycles. The average molecular weight is 422 g/mol. The summed E-state index contributed by atoms with van der Waals surface area (Å²) in [5, 5.41) is 18.8. The summed E-state index contributed by atoms with van der Waals surface area (Å²) in [6.07, 6.45) is 3.19. The molecule has 1 aromatic carbocycles. The van der Waals surface area contributed by atoms with Gasteiger partial charge in [0.05, 0.1) is 4.92 Å². The Morgan fingerprint density at radius 1 is 1.36 bits per heavy atom. The normalized spacial score (nSPS) is 19.7. The zero-order chi connectivity index (χ0) is 19.0. The summed E-state index contributed by atoms with van der Waals surface area (Å²) in [7, 11) is 0. The number of rotatable bonds is 5. The molecular weight excluding hydrogens is 398 g/mol. The van der Waals surface area contributed by atoms with Crippen molar-refractivity contribution in [1.29, 1.82) is 0 Å². The maximum Gasteiger partial charge on any atom is 0.273 e.